The van der Waals surface area contributed by atoms with Crippen molar-refractivity contribution in [3.63, 3.8) is 0 Å². The molecule has 2 aliphatic heterocycles. The minimum Gasteiger partial charge on any atom is -0.355 e. The smallest absolute Gasteiger partial charge is 0.243 e. The number of nitrogens with one attached hydrogen (secondary N) is 1. The number of piperidine rings is 1. The predicted molar refractivity (Wildman–Crippen MR) is 101 cm³/mol. The van der Waals surface area contributed by atoms with Crippen LogP contribution in [-0.2, 0) is 19.6 Å². The summed E-state index contributed by atoms with van der Waals surface area (Å²) in [4.78, 5) is 26.6. The van der Waals surface area contributed by atoms with E-state index >= 15 is 0 Å². The molecule has 2 amide bonds. The molecule has 0 bridgehead atoms. The van der Waals surface area contributed by atoms with Crippen LogP contribution in [0.1, 0.15) is 32.1 Å². The first-order valence-corrected chi connectivity index (χ1v) is 11.0. The van der Waals surface area contributed by atoms with Gasteiger partial charge in [0, 0.05) is 39.1 Å². The largest absolute Gasteiger partial charge is 0.355 e. The number of carbonyl (C=O) groups is 2. The summed E-state index contributed by atoms with van der Waals surface area (Å²) in [5.41, 5.74) is 0. The summed E-state index contributed by atoms with van der Waals surface area (Å²) >= 11 is 0. The van der Waals surface area contributed by atoms with E-state index < -0.39 is 10.0 Å². The fourth-order valence-corrected chi connectivity index (χ4v) is 5.22. The van der Waals surface area contributed by atoms with Gasteiger partial charge < -0.3 is 10.2 Å². The monoisotopic (exact) mass is 393 g/mol. The molecule has 27 heavy (non-hydrogen) atoms. The Morgan fingerprint density at radius 2 is 1.74 bits per heavy atom. The van der Waals surface area contributed by atoms with E-state index in [2.05, 4.69) is 5.32 Å². The molecule has 1 N–H and O–H groups in total. The molecule has 0 saturated carbocycles. The number of sulfonamides is 1. The lowest BCUT2D eigenvalue weighted by molar-refractivity contribution is -0.130. The molecule has 148 valence electrons. The highest BCUT2D eigenvalue weighted by Gasteiger charge is 2.33. The van der Waals surface area contributed by atoms with Gasteiger partial charge in [-0.3, -0.25) is 9.59 Å². The molecule has 0 spiro atoms. The Hall–Kier alpha value is -1.93. The fourth-order valence-electron chi connectivity index (χ4n) is 3.68. The van der Waals surface area contributed by atoms with Crippen molar-refractivity contribution >= 4 is 21.8 Å². The Morgan fingerprint density at radius 3 is 2.44 bits per heavy atom. The SMILES string of the molecule is O=C(NCCC(=O)N1CCCC1)C1CCCN(S(=O)(=O)c2ccccc2)C1. The summed E-state index contributed by atoms with van der Waals surface area (Å²) < 4.78 is 26.9. The van der Waals surface area contributed by atoms with Crippen LogP contribution in [0.3, 0.4) is 0 Å². The number of nitrogens with zero attached hydrogens (tertiary/aromatic N) is 2. The highest BCUT2D eigenvalue weighted by molar-refractivity contribution is 7.89. The average Bonchev–Trinajstić information content (AvgIpc) is 3.23. The molecule has 0 radical (unpaired) electrons. The number of hydrogen-bond donors (Lipinski definition) is 1. The van der Waals surface area contributed by atoms with Crippen LogP contribution in [0.25, 0.3) is 0 Å². The number of carbonyl (C=O) groups excluding carboxylic acids is 2. The standard InChI is InChI=1S/C19H27N3O4S/c23-18(21-12-4-5-13-21)10-11-20-19(24)16-7-6-14-22(15-16)27(25,26)17-8-2-1-3-9-17/h1-3,8-9,16H,4-7,10-15H2,(H,20,24). The maximum Gasteiger partial charge on any atom is 0.243 e. The summed E-state index contributed by atoms with van der Waals surface area (Å²) in [5, 5.41) is 2.81. The summed E-state index contributed by atoms with van der Waals surface area (Å²) in [6, 6.07) is 8.30. The van der Waals surface area contributed by atoms with E-state index in [1.807, 2.05) is 4.90 Å². The molecule has 1 aromatic carbocycles. The van der Waals surface area contributed by atoms with Gasteiger partial charge in [-0.25, -0.2) is 8.42 Å². The van der Waals surface area contributed by atoms with Crippen molar-refractivity contribution in [2.24, 2.45) is 5.92 Å². The third-order valence-corrected chi connectivity index (χ3v) is 7.11. The van der Waals surface area contributed by atoms with Crippen LogP contribution in [0.4, 0.5) is 0 Å². The predicted octanol–water partition coefficient (Wildman–Crippen LogP) is 1.22. The van der Waals surface area contributed by atoms with Crippen LogP contribution in [0, 0.1) is 5.92 Å². The molecule has 2 aliphatic rings. The third kappa shape index (κ3) is 4.87. The van der Waals surface area contributed by atoms with E-state index in [4.69, 9.17) is 0 Å². The minimum atomic E-state index is -3.58. The molecule has 1 atom stereocenters. The zero-order valence-corrected chi connectivity index (χ0v) is 16.3. The van der Waals surface area contributed by atoms with Crippen molar-refractivity contribution in [3.05, 3.63) is 30.3 Å². The zero-order valence-electron chi connectivity index (χ0n) is 15.5. The average molecular weight is 394 g/mol. The lowest BCUT2D eigenvalue weighted by Crippen LogP contribution is -2.45. The van der Waals surface area contributed by atoms with Gasteiger partial charge in [0.2, 0.25) is 21.8 Å². The van der Waals surface area contributed by atoms with Gasteiger partial charge in [0.1, 0.15) is 0 Å². The van der Waals surface area contributed by atoms with Crippen molar-refractivity contribution in [2.45, 2.75) is 37.0 Å². The van der Waals surface area contributed by atoms with Gasteiger partial charge in [-0.2, -0.15) is 4.31 Å². The topological polar surface area (TPSA) is 86.8 Å². The van der Waals surface area contributed by atoms with Gasteiger partial charge in [0.15, 0.2) is 0 Å². The summed E-state index contributed by atoms with van der Waals surface area (Å²) in [5.74, 6) is -0.471. The second kappa shape index (κ2) is 8.84. The van der Waals surface area contributed by atoms with E-state index in [0.717, 1.165) is 25.9 Å². The van der Waals surface area contributed by atoms with E-state index in [0.29, 0.717) is 32.4 Å². The minimum absolute atomic E-state index is 0.0738. The molecule has 0 aromatic heterocycles. The molecule has 0 aliphatic carbocycles. The third-order valence-electron chi connectivity index (χ3n) is 5.23. The van der Waals surface area contributed by atoms with Crippen molar-refractivity contribution in [2.75, 3.05) is 32.7 Å². The zero-order chi connectivity index (χ0) is 19.3. The maximum atomic E-state index is 12.7. The van der Waals surface area contributed by atoms with Crippen LogP contribution in [0.15, 0.2) is 35.2 Å². The van der Waals surface area contributed by atoms with Gasteiger partial charge in [-0.1, -0.05) is 18.2 Å². The van der Waals surface area contributed by atoms with Crippen LogP contribution in [0.2, 0.25) is 0 Å². The Bertz CT molecular complexity index is 760. The molecule has 2 heterocycles. The van der Waals surface area contributed by atoms with Crippen molar-refractivity contribution < 1.29 is 18.0 Å². The highest BCUT2D eigenvalue weighted by atomic mass is 32.2. The van der Waals surface area contributed by atoms with Crippen LogP contribution >= 0.6 is 0 Å². The first-order valence-electron chi connectivity index (χ1n) is 9.59. The van der Waals surface area contributed by atoms with Crippen LogP contribution in [-0.4, -0.2) is 62.2 Å². The molecule has 2 saturated heterocycles. The molecule has 1 unspecified atom stereocenters. The van der Waals surface area contributed by atoms with E-state index in [-0.39, 0.29) is 29.2 Å². The van der Waals surface area contributed by atoms with Crippen molar-refractivity contribution in [3.8, 4) is 0 Å². The maximum absolute atomic E-state index is 12.7. The molecular formula is C19H27N3O4S. The van der Waals surface area contributed by atoms with E-state index in [1.54, 1.807) is 30.3 Å². The van der Waals surface area contributed by atoms with Crippen molar-refractivity contribution in [1.82, 2.24) is 14.5 Å². The number of hydrogen-bond acceptors (Lipinski definition) is 4. The summed E-state index contributed by atoms with van der Waals surface area (Å²) in [6.45, 7) is 2.52. The van der Waals surface area contributed by atoms with Gasteiger partial charge in [-0.05, 0) is 37.8 Å². The second-order valence-corrected chi connectivity index (χ2v) is 9.08. The van der Waals surface area contributed by atoms with Crippen molar-refractivity contribution in [1.29, 1.82) is 0 Å². The summed E-state index contributed by atoms with van der Waals surface area (Å²) in [7, 11) is -3.58. The Balaban J connectivity index is 1.51. The Labute approximate surface area is 160 Å². The Kier molecular flexibility index (Phi) is 6.49. The summed E-state index contributed by atoms with van der Waals surface area (Å²) in [6.07, 6.45) is 3.70. The number of benzene rings is 1. The second-order valence-electron chi connectivity index (χ2n) is 7.14. The molecule has 1 aromatic rings. The Morgan fingerprint density at radius 1 is 1.04 bits per heavy atom. The fraction of sp³-hybridized carbons (Fsp3) is 0.579. The number of amides is 2. The normalized spacial score (nSPS) is 21.2. The number of likely N-dealkylation sites (tertiary alicyclic amines) is 1. The molecule has 7 nitrogen and oxygen atoms in total. The molecular weight excluding hydrogens is 366 g/mol. The van der Waals surface area contributed by atoms with E-state index in [9.17, 15) is 18.0 Å². The first kappa shape index (κ1) is 19.8. The van der Waals surface area contributed by atoms with Crippen LogP contribution < -0.4 is 5.32 Å². The van der Waals surface area contributed by atoms with Gasteiger partial charge in [0.25, 0.3) is 0 Å². The van der Waals surface area contributed by atoms with E-state index in [1.165, 1.54) is 4.31 Å². The lowest BCUT2D eigenvalue weighted by Gasteiger charge is -2.31. The molecule has 8 heteroatoms. The van der Waals surface area contributed by atoms with Crippen LogP contribution in [0.5, 0.6) is 0 Å². The lowest BCUT2D eigenvalue weighted by atomic mass is 9.99. The number of rotatable bonds is 6. The van der Waals surface area contributed by atoms with Gasteiger partial charge in [-0.15, -0.1) is 0 Å². The molecule has 3 rings (SSSR count). The van der Waals surface area contributed by atoms with Gasteiger partial charge >= 0.3 is 0 Å². The quantitative estimate of drug-likeness (QED) is 0.787. The molecule has 2 fully saturated rings. The van der Waals surface area contributed by atoms with Gasteiger partial charge in [0.05, 0.1) is 10.8 Å². The first-order chi connectivity index (χ1) is 13.0. The highest BCUT2D eigenvalue weighted by Crippen LogP contribution is 2.23.